The molecule has 1 aromatic heterocycles. The molecule has 0 aliphatic carbocycles. The molecule has 0 radical (unpaired) electrons. The molecular formula is C12H15ClN4O. The van der Waals surface area contributed by atoms with E-state index < -0.39 is 0 Å². The first-order chi connectivity index (χ1) is 8.67. The molecule has 0 unspecified atom stereocenters. The lowest BCUT2D eigenvalue weighted by Gasteiger charge is -2.09. The second kappa shape index (κ2) is 7.45. The quantitative estimate of drug-likeness (QED) is 0.586. The van der Waals surface area contributed by atoms with E-state index in [2.05, 4.69) is 27.2 Å². The first kappa shape index (κ1) is 14.2. The molecular weight excluding hydrogens is 252 g/mol. The third-order valence-electron chi connectivity index (χ3n) is 2.23. The van der Waals surface area contributed by atoms with Crippen molar-refractivity contribution in [2.45, 2.75) is 13.3 Å². The Morgan fingerprint density at radius 2 is 2.39 bits per heavy atom. The van der Waals surface area contributed by atoms with Gasteiger partial charge in [-0.15, -0.1) is 0 Å². The number of hydrogen-bond donors (Lipinski definition) is 2. The minimum atomic E-state index is 0.470. The molecule has 1 heterocycles. The van der Waals surface area contributed by atoms with E-state index in [1.165, 1.54) is 12.5 Å². The summed E-state index contributed by atoms with van der Waals surface area (Å²) in [7, 11) is 0. The Balaban J connectivity index is 2.62. The highest BCUT2D eigenvalue weighted by Gasteiger charge is 2.02. The molecule has 0 bridgehead atoms. The van der Waals surface area contributed by atoms with E-state index in [4.69, 9.17) is 11.6 Å². The SMILES string of the molecule is C=C(/C=C(\CC)CNc1ncncc1Cl)NC=O. The number of aromatic nitrogens is 2. The molecule has 0 fully saturated rings. The summed E-state index contributed by atoms with van der Waals surface area (Å²) in [6.07, 6.45) is 6.20. The van der Waals surface area contributed by atoms with Gasteiger partial charge in [0.25, 0.3) is 0 Å². The Bertz CT molecular complexity index is 459. The number of rotatable bonds is 7. The summed E-state index contributed by atoms with van der Waals surface area (Å²) < 4.78 is 0. The third-order valence-corrected chi connectivity index (χ3v) is 2.50. The highest BCUT2D eigenvalue weighted by atomic mass is 35.5. The Kier molecular flexibility index (Phi) is 5.87. The highest BCUT2D eigenvalue weighted by molar-refractivity contribution is 6.32. The maximum Gasteiger partial charge on any atom is 0.211 e. The molecule has 2 N–H and O–H groups in total. The lowest BCUT2D eigenvalue weighted by Crippen LogP contribution is -2.10. The largest absolute Gasteiger partial charge is 0.365 e. The molecule has 18 heavy (non-hydrogen) atoms. The van der Waals surface area contributed by atoms with Crippen LogP contribution in [0.2, 0.25) is 5.02 Å². The Labute approximate surface area is 111 Å². The van der Waals surface area contributed by atoms with Crippen molar-refractivity contribution in [2.75, 3.05) is 11.9 Å². The zero-order valence-electron chi connectivity index (χ0n) is 10.1. The van der Waals surface area contributed by atoms with Gasteiger partial charge in [-0.1, -0.05) is 25.1 Å². The van der Waals surface area contributed by atoms with E-state index >= 15 is 0 Å². The van der Waals surface area contributed by atoms with E-state index in [0.717, 1.165) is 12.0 Å². The van der Waals surface area contributed by atoms with Crippen LogP contribution < -0.4 is 10.6 Å². The summed E-state index contributed by atoms with van der Waals surface area (Å²) in [5.41, 5.74) is 1.63. The van der Waals surface area contributed by atoms with Crippen LogP contribution in [0.4, 0.5) is 5.82 Å². The Hall–Kier alpha value is -1.88. The van der Waals surface area contributed by atoms with Gasteiger partial charge < -0.3 is 10.6 Å². The van der Waals surface area contributed by atoms with Gasteiger partial charge in [0.2, 0.25) is 6.41 Å². The van der Waals surface area contributed by atoms with Crippen molar-refractivity contribution in [2.24, 2.45) is 0 Å². The molecule has 1 amide bonds. The third kappa shape index (κ3) is 4.55. The molecule has 0 atom stereocenters. The van der Waals surface area contributed by atoms with Crippen molar-refractivity contribution >= 4 is 23.8 Å². The first-order valence-corrected chi connectivity index (χ1v) is 5.83. The van der Waals surface area contributed by atoms with E-state index in [-0.39, 0.29) is 0 Å². The zero-order chi connectivity index (χ0) is 13.4. The maximum absolute atomic E-state index is 10.3. The number of carbonyl (C=O) groups is 1. The molecule has 1 rings (SSSR count). The van der Waals surface area contributed by atoms with Crippen LogP contribution in [0.3, 0.4) is 0 Å². The first-order valence-electron chi connectivity index (χ1n) is 5.45. The van der Waals surface area contributed by atoms with Crippen LogP contribution in [-0.2, 0) is 4.79 Å². The molecule has 0 aliphatic heterocycles. The van der Waals surface area contributed by atoms with Crippen LogP contribution in [0.5, 0.6) is 0 Å². The molecule has 6 heteroatoms. The predicted octanol–water partition coefficient (Wildman–Crippen LogP) is 2.14. The predicted molar refractivity (Wildman–Crippen MR) is 72.2 cm³/mol. The average molecular weight is 267 g/mol. The lowest BCUT2D eigenvalue weighted by molar-refractivity contribution is -0.108. The van der Waals surface area contributed by atoms with Crippen LogP contribution in [0.25, 0.3) is 0 Å². The molecule has 1 aromatic rings. The minimum Gasteiger partial charge on any atom is -0.365 e. The van der Waals surface area contributed by atoms with Crippen LogP contribution in [0.1, 0.15) is 13.3 Å². The van der Waals surface area contributed by atoms with Gasteiger partial charge in [0.1, 0.15) is 17.2 Å². The number of carbonyl (C=O) groups excluding carboxylic acids is 1. The van der Waals surface area contributed by atoms with Gasteiger partial charge in [0, 0.05) is 12.2 Å². The van der Waals surface area contributed by atoms with E-state index in [0.29, 0.717) is 29.5 Å². The van der Waals surface area contributed by atoms with Crippen molar-refractivity contribution in [1.82, 2.24) is 15.3 Å². The molecule has 0 aliphatic rings. The normalized spacial score (nSPS) is 10.9. The van der Waals surface area contributed by atoms with Crippen LogP contribution in [0, 0.1) is 0 Å². The maximum atomic E-state index is 10.3. The van der Waals surface area contributed by atoms with Crippen molar-refractivity contribution in [3.05, 3.63) is 41.5 Å². The van der Waals surface area contributed by atoms with Gasteiger partial charge in [-0.2, -0.15) is 0 Å². The standard InChI is InChI=1S/C12H15ClN4O/c1-3-10(4-9(2)17-8-18)5-15-12-11(13)6-14-7-16-12/h4,6-8H,2-3,5H2,1H3,(H,17,18)(H,14,15,16)/b10-4+. The second-order valence-corrected chi connectivity index (χ2v) is 3.92. The van der Waals surface area contributed by atoms with Crippen LogP contribution in [0.15, 0.2) is 36.4 Å². The summed E-state index contributed by atoms with van der Waals surface area (Å²) in [5.74, 6) is 0.583. The Morgan fingerprint density at radius 3 is 3.00 bits per heavy atom. The summed E-state index contributed by atoms with van der Waals surface area (Å²) in [6, 6.07) is 0. The fourth-order valence-corrected chi connectivity index (χ4v) is 1.45. The fraction of sp³-hybridized carbons (Fsp3) is 0.250. The second-order valence-electron chi connectivity index (χ2n) is 3.52. The number of nitrogens with zero attached hydrogens (tertiary/aromatic N) is 2. The van der Waals surface area contributed by atoms with Gasteiger partial charge in [0.15, 0.2) is 0 Å². The number of hydrogen-bond acceptors (Lipinski definition) is 4. The van der Waals surface area contributed by atoms with E-state index in [1.807, 2.05) is 13.0 Å². The van der Waals surface area contributed by atoms with Crippen molar-refractivity contribution < 1.29 is 4.79 Å². The molecule has 0 saturated heterocycles. The summed E-state index contributed by atoms with van der Waals surface area (Å²) in [5, 5.41) is 6.06. The van der Waals surface area contributed by atoms with Crippen molar-refractivity contribution in [1.29, 1.82) is 0 Å². The highest BCUT2D eigenvalue weighted by Crippen LogP contribution is 2.16. The van der Waals surface area contributed by atoms with Gasteiger partial charge in [-0.3, -0.25) is 4.79 Å². The van der Waals surface area contributed by atoms with E-state index in [9.17, 15) is 4.79 Å². The van der Waals surface area contributed by atoms with Gasteiger partial charge in [-0.05, 0) is 18.1 Å². The molecule has 96 valence electrons. The van der Waals surface area contributed by atoms with E-state index in [1.54, 1.807) is 0 Å². The number of nitrogens with one attached hydrogen (secondary N) is 2. The monoisotopic (exact) mass is 266 g/mol. The van der Waals surface area contributed by atoms with Crippen LogP contribution >= 0.6 is 11.6 Å². The molecule has 5 nitrogen and oxygen atoms in total. The number of halogens is 1. The summed E-state index contributed by atoms with van der Waals surface area (Å²) >= 11 is 5.92. The minimum absolute atomic E-state index is 0.470. The summed E-state index contributed by atoms with van der Waals surface area (Å²) in [6.45, 7) is 6.30. The summed E-state index contributed by atoms with van der Waals surface area (Å²) in [4.78, 5) is 18.1. The number of amides is 1. The number of allylic oxidation sites excluding steroid dienone is 1. The molecule has 0 spiro atoms. The zero-order valence-corrected chi connectivity index (χ0v) is 10.9. The molecule has 0 saturated carbocycles. The van der Waals surface area contributed by atoms with Crippen LogP contribution in [-0.4, -0.2) is 22.9 Å². The number of anilines is 1. The Morgan fingerprint density at radius 1 is 1.61 bits per heavy atom. The smallest absolute Gasteiger partial charge is 0.211 e. The van der Waals surface area contributed by atoms with Gasteiger partial charge >= 0.3 is 0 Å². The fourth-order valence-electron chi connectivity index (χ4n) is 1.28. The van der Waals surface area contributed by atoms with Crippen molar-refractivity contribution in [3.8, 4) is 0 Å². The topological polar surface area (TPSA) is 66.9 Å². The van der Waals surface area contributed by atoms with Gasteiger partial charge in [0.05, 0.1) is 6.20 Å². The van der Waals surface area contributed by atoms with Crippen molar-refractivity contribution in [3.63, 3.8) is 0 Å². The molecule has 0 aromatic carbocycles. The van der Waals surface area contributed by atoms with Gasteiger partial charge in [-0.25, -0.2) is 9.97 Å². The lowest BCUT2D eigenvalue weighted by atomic mass is 10.1. The average Bonchev–Trinajstić information content (AvgIpc) is 2.36.